The zero-order valence-corrected chi connectivity index (χ0v) is 13.9. The average molecular weight is 342 g/mol. The highest BCUT2D eigenvalue weighted by Crippen LogP contribution is 2.27. The molecule has 0 aliphatic heterocycles. The van der Waals surface area contributed by atoms with E-state index in [2.05, 4.69) is 17.3 Å². The SMILES string of the molecule is CCC(C)n1nccc1NC(=O)COc1ccc(Cl)cc1Cl. The van der Waals surface area contributed by atoms with Gasteiger partial charge in [-0.05, 0) is 31.5 Å². The molecule has 0 saturated heterocycles. The monoisotopic (exact) mass is 341 g/mol. The van der Waals surface area contributed by atoms with Crippen molar-refractivity contribution in [2.75, 3.05) is 11.9 Å². The second kappa shape index (κ2) is 7.51. The van der Waals surface area contributed by atoms with Gasteiger partial charge in [-0.25, -0.2) is 4.68 Å². The number of carbonyl (C=O) groups excluding carboxylic acids is 1. The minimum absolute atomic E-state index is 0.146. The van der Waals surface area contributed by atoms with Crippen LogP contribution in [0.4, 0.5) is 5.82 Å². The van der Waals surface area contributed by atoms with E-state index in [0.717, 1.165) is 6.42 Å². The fraction of sp³-hybridized carbons (Fsp3) is 0.333. The molecule has 1 N–H and O–H groups in total. The van der Waals surface area contributed by atoms with Gasteiger partial charge < -0.3 is 10.1 Å². The summed E-state index contributed by atoms with van der Waals surface area (Å²) in [7, 11) is 0. The van der Waals surface area contributed by atoms with Crippen LogP contribution < -0.4 is 10.1 Å². The van der Waals surface area contributed by atoms with Crippen molar-refractivity contribution in [2.45, 2.75) is 26.3 Å². The highest BCUT2D eigenvalue weighted by molar-refractivity contribution is 6.35. The highest BCUT2D eigenvalue weighted by Gasteiger charge is 2.12. The first kappa shape index (κ1) is 16.6. The van der Waals surface area contributed by atoms with Crippen molar-refractivity contribution in [1.82, 2.24) is 9.78 Å². The topological polar surface area (TPSA) is 56.2 Å². The number of halogens is 2. The smallest absolute Gasteiger partial charge is 0.263 e. The molecule has 0 radical (unpaired) electrons. The van der Waals surface area contributed by atoms with Gasteiger partial charge in [0.2, 0.25) is 0 Å². The van der Waals surface area contributed by atoms with Crippen LogP contribution in [0.3, 0.4) is 0 Å². The first-order valence-electron chi connectivity index (χ1n) is 6.92. The van der Waals surface area contributed by atoms with E-state index in [9.17, 15) is 4.79 Å². The number of ether oxygens (including phenoxy) is 1. The Balaban J connectivity index is 1.95. The molecule has 1 amide bonds. The molecular formula is C15H17Cl2N3O2. The van der Waals surface area contributed by atoms with Crippen LogP contribution in [0.2, 0.25) is 10.0 Å². The summed E-state index contributed by atoms with van der Waals surface area (Å²) in [6.45, 7) is 3.95. The minimum atomic E-state index is -0.281. The van der Waals surface area contributed by atoms with Gasteiger partial charge in [-0.3, -0.25) is 4.79 Å². The summed E-state index contributed by atoms with van der Waals surface area (Å²) in [6, 6.07) is 6.80. The Morgan fingerprint density at radius 3 is 2.86 bits per heavy atom. The van der Waals surface area contributed by atoms with Crippen molar-refractivity contribution in [3.8, 4) is 5.75 Å². The number of benzene rings is 1. The molecule has 0 aliphatic rings. The molecule has 5 nitrogen and oxygen atoms in total. The molecule has 22 heavy (non-hydrogen) atoms. The van der Waals surface area contributed by atoms with E-state index >= 15 is 0 Å². The Kier molecular flexibility index (Phi) is 5.69. The number of nitrogens with one attached hydrogen (secondary N) is 1. The van der Waals surface area contributed by atoms with E-state index in [-0.39, 0.29) is 18.6 Å². The van der Waals surface area contributed by atoms with E-state index in [0.29, 0.717) is 21.6 Å². The number of carbonyl (C=O) groups is 1. The molecule has 0 bridgehead atoms. The highest BCUT2D eigenvalue weighted by atomic mass is 35.5. The number of rotatable bonds is 6. The van der Waals surface area contributed by atoms with Gasteiger partial charge in [0.25, 0.3) is 5.91 Å². The quantitative estimate of drug-likeness (QED) is 0.857. The second-order valence-electron chi connectivity index (χ2n) is 4.83. The van der Waals surface area contributed by atoms with Crippen LogP contribution in [0.15, 0.2) is 30.5 Å². The molecule has 0 spiro atoms. The van der Waals surface area contributed by atoms with Gasteiger partial charge in [-0.15, -0.1) is 0 Å². The summed E-state index contributed by atoms with van der Waals surface area (Å²) in [5.41, 5.74) is 0. The van der Waals surface area contributed by atoms with Gasteiger partial charge in [-0.2, -0.15) is 5.10 Å². The first-order chi connectivity index (χ1) is 10.5. The maximum absolute atomic E-state index is 12.0. The van der Waals surface area contributed by atoms with Crippen molar-refractivity contribution < 1.29 is 9.53 Å². The lowest BCUT2D eigenvalue weighted by Gasteiger charge is -2.14. The molecule has 2 aromatic rings. The lowest BCUT2D eigenvalue weighted by molar-refractivity contribution is -0.118. The van der Waals surface area contributed by atoms with Crippen LogP contribution in [0, 0.1) is 0 Å². The summed E-state index contributed by atoms with van der Waals surface area (Å²) in [6.07, 6.45) is 2.57. The van der Waals surface area contributed by atoms with E-state index in [4.69, 9.17) is 27.9 Å². The number of nitrogens with zero attached hydrogens (tertiary/aromatic N) is 2. The molecule has 0 fully saturated rings. The third-order valence-electron chi connectivity index (χ3n) is 3.20. The van der Waals surface area contributed by atoms with Crippen LogP contribution in [0.1, 0.15) is 26.3 Å². The molecule has 1 atom stereocenters. The van der Waals surface area contributed by atoms with Gasteiger partial charge in [0.05, 0.1) is 17.3 Å². The van der Waals surface area contributed by atoms with Gasteiger partial charge in [-0.1, -0.05) is 30.1 Å². The Morgan fingerprint density at radius 1 is 1.41 bits per heavy atom. The van der Waals surface area contributed by atoms with Crippen molar-refractivity contribution in [3.05, 3.63) is 40.5 Å². The molecule has 1 aromatic heterocycles. The van der Waals surface area contributed by atoms with Crippen LogP contribution in [0.25, 0.3) is 0 Å². The summed E-state index contributed by atoms with van der Waals surface area (Å²) in [5.74, 6) is 0.776. The molecular weight excluding hydrogens is 325 g/mol. The maximum atomic E-state index is 12.0. The van der Waals surface area contributed by atoms with Gasteiger partial charge in [0, 0.05) is 11.1 Å². The fourth-order valence-electron chi connectivity index (χ4n) is 1.85. The van der Waals surface area contributed by atoms with Crippen molar-refractivity contribution in [2.24, 2.45) is 0 Å². The molecule has 118 valence electrons. The van der Waals surface area contributed by atoms with E-state index in [1.165, 1.54) is 0 Å². The molecule has 7 heteroatoms. The largest absolute Gasteiger partial charge is 0.482 e. The molecule has 1 unspecified atom stereocenters. The fourth-order valence-corrected chi connectivity index (χ4v) is 2.31. The Morgan fingerprint density at radius 2 is 2.18 bits per heavy atom. The number of amides is 1. The van der Waals surface area contributed by atoms with E-state index in [1.807, 2.05) is 6.92 Å². The Labute approximate surface area is 139 Å². The summed E-state index contributed by atoms with van der Waals surface area (Å²) < 4.78 is 7.17. The molecule has 2 rings (SSSR count). The van der Waals surface area contributed by atoms with Crippen LogP contribution in [-0.4, -0.2) is 22.3 Å². The predicted molar refractivity (Wildman–Crippen MR) is 87.8 cm³/mol. The minimum Gasteiger partial charge on any atom is -0.482 e. The summed E-state index contributed by atoms with van der Waals surface area (Å²) in [4.78, 5) is 12.0. The van der Waals surface area contributed by atoms with Crippen molar-refractivity contribution in [3.63, 3.8) is 0 Å². The third kappa shape index (κ3) is 4.15. The van der Waals surface area contributed by atoms with Crippen molar-refractivity contribution >= 4 is 34.9 Å². The van der Waals surface area contributed by atoms with Crippen LogP contribution in [-0.2, 0) is 4.79 Å². The molecule has 0 aliphatic carbocycles. The first-order valence-corrected chi connectivity index (χ1v) is 7.68. The maximum Gasteiger partial charge on any atom is 0.263 e. The summed E-state index contributed by atoms with van der Waals surface area (Å²) >= 11 is 11.8. The zero-order valence-electron chi connectivity index (χ0n) is 12.3. The van der Waals surface area contributed by atoms with E-state index < -0.39 is 0 Å². The van der Waals surface area contributed by atoms with Crippen molar-refractivity contribution in [1.29, 1.82) is 0 Å². The van der Waals surface area contributed by atoms with Crippen LogP contribution >= 0.6 is 23.2 Å². The van der Waals surface area contributed by atoms with Gasteiger partial charge in [0.15, 0.2) is 6.61 Å². The Bertz CT molecular complexity index is 658. The molecule has 1 heterocycles. The number of anilines is 1. The third-order valence-corrected chi connectivity index (χ3v) is 3.73. The molecule has 0 saturated carbocycles. The Hall–Kier alpha value is -1.72. The number of aromatic nitrogens is 2. The second-order valence-corrected chi connectivity index (χ2v) is 5.67. The number of hydrogen-bond acceptors (Lipinski definition) is 3. The molecule has 1 aromatic carbocycles. The standard InChI is InChI=1S/C15H17Cl2N3O2/c1-3-10(2)20-14(6-7-18-20)19-15(21)9-22-13-5-4-11(16)8-12(13)17/h4-8,10H,3,9H2,1-2H3,(H,19,21). The predicted octanol–water partition coefficient (Wildman–Crippen LogP) is 4.18. The zero-order chi connectivity index (χ0) is 16.1. The van der Waals surface area contributed by atoms with Gasteiger partial charge >= 0.3 is 0 Å². The summed E-state index contributed by atoms with van der Waals surface area (Å²) in [5, 5.41) is 7.86. The number of hydrogen-bond donors (Lipinski definition) is 1. The van der Waals surface area contributed by atoms with E-state index in [1.54, 1.807) is 35.1 Å². The average Bonchev–Trinajstić information content (AvgIpc) is 2.93. The van der Waals surface area contributed by atoms with Gasteiger partial charge in [0.1, 0.15) is 11.6 Å². The lowest BCUT2D eigenvalue weighted by atomic mass is 10.3. The lowest BCUT2D eigenvalue weighted by Crippen LogP contribution is -2.23. The van der Waals surface area contributed by atoms with Crippen LogP contribution in [0.5, 0.6) is 5.75 Å². The normalized spacial score (nSPS) is 12.0.